The molecule has 1 heterocycles. The monoisotopic (exact) mass is 249 g/mol. The Balaban J connectivity index is 1.93. The van der Waals surface area contributed by atoms with Gasteiger partial charge >= 0.3 is 0 Å². The molecule has 1 atom stereocenters. The molecule has 3 nitrogen and oxygen atoms in total. The standard InChI is InChI=1S/C15H23NO2/c1-11(17-4)9-16-10-12-5-6-14-13(7-12)8-15(2,3)18-14/h5-7,11,16H,8-10H2,1-4H3. The molecule has 18 heavy (non-hydrogen) atoms. The molecule has 100 valence electrons. The van der Waals surface area contributed by atoms with Crippen LogP contribution in [0, 0.1) is 0 Å². The number of benzene rings is 1. The van der Waals surface area contributed by atoms with Gasteiger partial charge in [0.25, 0.3) is 0 Å². The maximum absolute atomic E-state index is 5.87. The predicted molar refractivity (Wildman–Crippen MR) is 73.0 cm³/mol. The van der Waals surface area contributed by atoms with E-state index in [9.17, 15) is 0 Å². The van der Waals surface area contributed by atoms with Crippen LogP contribution in [0.15, 0.2) is 18.2 Å². The summed E-state index contributed by atoms with van der Waals surface area (Å²) in [6, 6.07) is 6.46. The Morgan fingerprint density at radius 1 is 1.44 bits per heavy atom. The molecule has 1 aromatic carbocycles. The predicted octanol–water partition coefficient (Wildman–Crippen LogP) is 2.52. The highest BCUT2D eigenvalue weighted by Crippen LogP contribution is 2.35. The Morgan fingerprint density at radius 3 is 2.94 bits per heavy atom. The lowest BCUT2D eigenvalue weighted by Crippen LogP contribution is -2.25. The van der Waals surface area contributed by atoms with E-state index in [1.54, 1.807) is 7.11 Å². The first-order valence-corrected chi connectivity index (χ1v) is 6.54. The number of methoxy groups -OCH3 is 1. The summed E-state index contributed by atoms with van der Waals surface area (Å²) in [5.41, 5.74) is 2.57. The maximum Gasteiger partial charge on any atom is 0.123 e. The average molecular weight is 249 g/mol. The summed E-state index contributed by atoms with van der Waals surface area (Å²) < 4.78 is 11.1. The Morgan fingerprint density at radius 2 is 2.22 bits per heavy atom. The molecule has 0 radical (unpaired) electrons. The fourth-order valence-corrected chi connectivity index (χ4v) is 2.28. The van der Waals surface area contributed by atoms with Crippen molar-refractivity contribution >= 4 is 0 Å². The fraction of sp³-hybridized carbons (Fsp3) is 0.600. The summed E-state index contributed by atoms with van der Waals surface area (Å²) >= 11 is 0. The topological polar surface area (TPSA) is 30.5 Å². The Kier molecular flexibility index (Phi) is 3.93. The van der Waals surface area contributed by atoms with Gasteiger partial charge in [-0.1, -0.05) is 12.1 Å². The van der Waals surface area contributed by atoms with Gasteiger partial charge in [0.15, 0.2) is 0 Å². The van der Waals surface area contributed by atoms with Gasteiger partial charge in [0.05, 0.1) is 6.10 Å². The Labute approximate surface area is 109 Å². The lowest BCUT2D eigenvalue weighted by Gasteiger charge is -2.16. The van der Waals surface area contributed by atoms with E-state index in [-0.39, 0.29) is 11.7 Å². The number of hydrogen-bond donors (Lipinski definition) is 1. The molecule has 0 spiro atoms. The first-order chi connectivity index (χ1) is 8.50. The fourth-order valence-electron chi connectivity index (χ4n) is 2.28. The van der Waals surface area contributed by atoms with Gasteiger partial charge in [-0.15, -0.1) is 0 Å². The summed E-state index contributed by atoms with van der Waals surface area (Å²) in [5, 5.41) is 3.40. The molecule has 0 fully saturated rings. The van der Waals surface area contributed by atoms with Gasteiger partial charge in [-0.2, -0.15) is 0 Å². The van der Waals surface area contributed by atoms with E-state index in [2.05, 4.69) is 44.3 Å². The first kappa shape index (κ1) is 13.4. The lowest BCUT2D eigenvalue weighted by molar-refractivity contribution is 0.117. The zero-order valence-electron chi connectivity index (χ0n) is 11.7. The molecule has 0 bridgehead atoms. The van der Waals surface area contributed by atoms with Crippen LogP contribution in [0.2, 0.25) is 0 Å². The normalized spacial score (nSPS) is 18.2. The molecular weight excluding hydrogens is 226 g/mol. The van der Waals surface area contributed by atoms with E-state index in [4.69, 9.17) is 9.47 Å². The third kappa shape index (κ3) is 3.24. The van der Waals surface area contributed by atoms with Crippen molar-refractivity contribution in [2.24, 2.45) is 0 Å². The van der Waals surface area contributed by atoms with Crippen molar-refractivity contribution in [1.29, 1.82) is 0 Å². The lowest BCUT2D eigenvalue weighted by atomic mass is 10.0. The van der Waals surface area contributed by atoms with E-state index in [0.717, 1.165) is 25.3 Å². The molecule has 0 saturated heterocycles. The third-order valence-corrected chi connectivity index (χ3v) is 3.29. The van der Waals surface area contributed by atoms with Gasteiger partial charge in [0, 0.05) is 26.6 Å². The van der Waals surface area contributed by atoms with Crippen molar-refractivity contribution in [3.63, 3.8) is 0 Å². The zero-order chi connectivity index (χ0) is 13.2. The molecule has 1 aromatic rings. The highest BCUT2D eigenvalue weighted by atomic mass is 16.5. The van der Waals surface area contributed by atoms with Crippen molar-refractivity contribution < 1.29 is 9.47 Å². The SMILES string of the molecule is COC(C)CNCc1ccc2c(c1)CC(C)(C)O2. The van der Waals surface area contributed by atoms with Crippen molar-refractivity contribution in [2.45, 2.75) is 45.4 Å². The van der Waals surface area contributed by atoms with Crippen molar-refractivity contribution in [3.8, 4) is 5.75 Å². The molecule has 1 unspecified atom stereocenters. The van der Waals surface area contributed by atoms with Crippen LogP contribution in [0.25, 0.3) is 0 Å². The van der Waals surface area contributed by atoms with Gasteiger partial charge in [-0.25, -0.2) is 0 Å². The molecule has 0 amide bonds. The van der Waals surface area contributed by atoms with E-state index in [1.807, 2.05) is 0 Å². The third-order valence-electron chi connectivity index (χ3n) is 3.29. The number of rotatable bonds is 5. The van der Waals surface area contributed by atoms with Crippen LogP contribution in [0.4, 0.5) is 0 Å². The number of hydrogen-bond acceptors (Lipinski definition) is 3. The highest BCUT2D eigenvalue weighted by molar-refractivity contribution is 5.41. The van der Waals surface area contributed by atoms with Gasteiger partial charge in [0.2, 0.25) is 0 Å². The molecule has 2 rings (SSSR count). The molecule has 0 saturated carbocycles. The van der Waals surface area contributed by atoms with Crippen LogP contribution >= 0.6 is 0 Å². The second kappa shape index (κ2) is 5.29. The summed E-state index contributed by atoms with van der Waals surface area (Å²) in [5.74, 6) is 1.04. The van der Waals surface area contributed by atoms with Crippen molar-refractivity contribution in [1.82, 2.24) is 5.32 Å². The van der Waals surface area contributed by atoms with Crippen molar-refractivity contribution in [3.05, 3.63) is 29.3 Å². The summed E-state index contributed by atoms with van der Waals surface area (Å²) in [7, 11) is 1.74. The average Bonchev–Trinajstić information content (AvgIpc) is 2.62. The van der Waals surface area contributed by atoms with Crippen LogP contribution < -0.4 is 10.1 Å². The quantitative estimate of drug-likeness (QED) is 0.870. The van der Waals surface area contributed by atoms with Crippen LogP contribution in [0.5, 0.6) is 5.75 Å². The molecule has 1 aliphatic rings. The molecule has 0 aliphatic carbocycles. The van der Waals surface area contributed by atoms with E-state index >= 15 is 0 Å². The summed E-state index contributed by atoms with van der Waals surface area (Å²) in [6.07, 6.45) is 1.24. The highest BCUT2D eigenvalue weighted by Gasteiger charge is 2.29. The second-order valence-electron chi connectivity index (χ2n) is 5.66. The minimum atomic E-state index is -0.0566. The van der Waals surface area contributed by atoms with E-state index in [0.29, 0.717) is 0 Å². The van der Waals surface area contributed by atoms with Gasteiger partial charge in [-0.3, -0.25) is 0 Å². The van der Waals surface area contributed by atoms with E-state index in [1.165, 1.54) is 11.1 Å². The summed E-state index contributed by atoms with van der Waals surface area (Å²) in [6.45, 7) is 8.07. The Hall–Kier alpha value is -1.06. The first-order valence-electron chi connectivity index (χ1n) is 6.54. The van der Waals surface area contributed by atoms with Crippen LogP contribution in [-0.2, 0) is 17.7 Å². The van der Waals surface area contributed by atoms with Gasteiger partial charge < -0.3 is 14.8 Å². The summed E-state index contributed by atoms with van der Waals surface area (Å²) in [4.78, 5) is 0. The molecule has 3 heteroatoms. The molecule has 0 aromatic heterocycles. The number of fused-ring (bicyclic) bond motifs is 1. The largest absolute Gasteiger partial charge is 0.487 e. The van der Waals surface area contributed by atoms with Crippen LogP contribution in [0.3, 0.4) is 0 Å². The van der Waals surface area contributed by atoms with Crippen LogP contribution in [-0.4, -0.2) is 25.4 Å². The van der Waals surface area contributed by atoms with E-state index < -0.39 is 0 Å². The molecule has 1 aliphatic heterocycles. The zero-order valence-corrected chi connectivity index (χ0v) is 11.7. The van der Waals surface area contributed by atoms with Gasteiger partial charge in [0.1, 0.15) is 11.4 Å². The smallest absolute Gasteiger partial charge is 0.123 e. The van der Waals surface area contributed by atoms with Gasteiger partial charge in [-0.05, 0) is 38.0 Å². The molecular formula is C15H23NO2. The Bertz CT molecular complexity index is 415. The molecule has 1 N–H and O–H groups in total. The minimum absolute atomic E-state index is 0.0566. The number of ether oxygens (including phenoxy) is 2. The number of nitrogens with one attached hydrogen (secondary N) is 1. The van der Waals surface area contributed by atoms with Crippen LogP contribution in [0.1, 0.15) is 31.9 Å². The second-order valence-corrected chi connectivity index (χ2v) is 5.66. The minimum Gasteiger partial charge on any atom is -0.487 e. The maximum atomic E-state index is 5.87. The van der Waals surface area contributed by atoms with Crippen molar-refractivity contribution in [2.75, 3.05) is 13.7 Å².